The molecule has 2 aromatic carbocycles. The van der Waals surface area contributed by atoms with Crippen LogP contribution in [-0.4, -0.2) is 23.5 Å². The monoisotopic (exact) mass is 336 g/mol. The zero-order valence-corrected chi connectivity index (χ0v) is 15.0. The first kappa shape index (κ1) is 17.1. The number of nitrogens with zero attached hydrogens (tertiary/aromatic N) is 1. The third-order valence-electron chi connectivity index (χ3n) is 4.52. The summed E-state index contributed by atoms with van der Waals surface area (Å²) in [7, 11) is 0. The van der Waals surface area contributed by atoms with Gasteiger partial charge in [-0.3, -0.25) is 4.79 Å². The van der Waals surface area contributed by atoms with Gasteiger partial charge in [-0.15, -0.1) is 0 Å². The van der Waals surface area contributed by atoms with E-state index >= 15 is 0 Å². The van der Waals surface area contributed by atoms with Crippen LogP contribution in [0.4, 0.5) is 5.69 Å². The molecule has 1 aliphatic heterocycles. The topological polar surface area (TPSA) is 41.6 Å². The Morgan fingerprint density at radius 2 is 1.88 bits per heavy atom. The van der Waals surface area contributed by atoms with Gasteiger partial charge in [-0.25, -0.2) is 0 Å². The van der Waals surface area contributed by atoms with E-state index in [9.17, 15) is 4.79 Å². The molecule has 25 heavy (non-hydrogen) atoms. The van der Waals surface area contributed by atoms with Gasteiger partial charge in [-0.2, -0.15) is 0 Å². The van der Waals surface area contributed by atoms with E-state index in [1.165, 1.54) is 0 Å². The molecule has 0 spiro atoms. The lowest BCUT2D eigenvalue weighted by Gasteiger charge is -2.49. The normalized spacial score (nSPS) is 19.4. The second kappa shape index (κ2) is 6.63. The van der Waals surface area contributed by atoms with Gasteiger partial charge in [0, 0.05) is 17.3 Å². The average Bonchev–Trinajstić information content (AvgIpc) is 2.60. The fourth-order valence-corrected chi connectivity index (χ4v) is 3.53. The number of carbonyl (C=O) groups is 1. The van der Waals surface area contributed by atoms with Gasteiger partial charge in [-0.1, -0.05) is 43.0 Å². The summed E-state index contributed by atoms with van der Waals surface area (Å²) in [5.74, 6) is 0.764. The standard InChI is InChI=1S/C21H24N2O2/c1-5-14-25-19-13-9-7-11-17(19)21(4)22-18-12-8-6-10-16(18)20(24)23(21)15(2)3/h5-13,15,22H,1,14H2,2-4H3. The number of ether oxygens (including phenoxy) is 1. The maximum atomic E-state index is 13.2. The summed E-state index contributed by atoms with van der Waals surface area (Å²) in [5, 5.41) is 3.57. The maximum absolute atomic E-state index is 13.2. The van der Waals surface area contributed by atoms with Crippen LogP contribution in [0.3, 0.4) is 0 Å². The number of carbonyl (C=O) groups excluding carboxylic acids is 1. The lowest BCUT2D eigenvalue weighted by Crippen LogP contribution is -2.58. The third-order valence-corrected chi connectivity index (χ3v) is 4.52. The highest BCUT2D eigenvalue weighted by Gasteiger charge is 2.45. The van der Waals surface area contributed by atoms with Crippen LogP contribution in [0.2, 0.25) is 0 Å². The summed E-state index contributed by atoms with van der Waals surface area (Å²) < 4.78 is 5.86. The Kier molecular flexibility index (Phi) is 4.53. The van der Waals surface area contributed by atoms with Crippen LogP contribution in [0, 0.1) is 0 Å². The molecule has 0 saturated carbocycles. The van der Waals surface area contributed by atoms with Crippen molar-refractivity contribution in [3.8, 4) is 5.75 Å². The molecule has 0 fully saturated rings. The lowest BCUT2D eigenvalue weighted by molar-refractivity contribution is 0.0427. The minimum atomic E-state index is -0.711. The second-order valence-electron chi connectivity index (χ2n) is 6.61. The highest BCUT2D eigenvalue weighted by Crippen LogP contribution is 2.42. The molecule has 130 valence electrons. The van der Waals surface area contributed by atoms with Crippen molar-refractivity contribution in [3.05, 3.63) is 72.3 Å². The van der Waals surface area contributed by atoms with Gasteiger partial charge >= 0.3 is 0 Å². The van der Waals surface area contributed by atoms with Gasteiger partial charge < -0.3 is 15.0 Å². The molecule has 4 nitrogen and oxygen atoms in total. The number of rotatable bonds is 5. The molecule has 0 saturated heterocycles. The first-order valence-corrected chi connectivity index (χ1v) is 8.53. The summed E-state index contributed by atoms with van der Waals surface area (Å²) in [4.78, 5) is 15.1. The number of fused-ring (bicyclic) bond motifs is 1. The Labute approximate surface area is 149 Å². The smallest absolute Gasteiger partial charge is 0.258 e. The molecule has 2 aromatic rings. The largest absolute Gasteiger partial charge is 0.489 e. The molecule has 1 N–H and O–H groups in total. The van der Waals surface area contributed by atoms with E-state index in [1.807, 2.05) is 74.2 Å². The number of anilines is 1. The fraction of sp³-hybridized carbons (Fsp3) is 0.286. The Morgan fingerprint density at radius 3 is 2.60 bits per heavy atom. The number of benzene rings is 2. The van der Waals surface area contributed by atoms with Crippen molar-refractivity contribution in [3.63, 3.8) is 0 Å². The van der Waals surface area contributed by atoms with Crippen LogP contribution in [0.15, 0.2) is 61.2 Å². The third kappa shape index (κ3) is 2.88. The molecule has 0 aliphatic carbocycles. The van der Waals surface area contributed by atoms with Crippen LogP contribution >= 0.6 is 0 Å². The highest BCUT2D eigenvalue weighted by atomic mass is 16.5. The van der Waals surface area contributed by atoms with E-state index in [4.69, 9.17) is 4.74 Å². The zero-order chi connectivity index (χ0) is 18.0. The van der Waals surface area contributed by atoms with Crippen LogP contribution in [0.1, 0.15) is 36.7 Å². The van der Waals surface area contributed by atoms with Crippen molar-refractivity contribution in [2.45, 2.75) is 32.5 Å². The second-order valence-corrected chi connectivity index (χ2v) is 6.61. The Balaban J connectivity index is 2.16. The summed E-state index contributed by atoms with van der Waals surface area (Å²) in [6.07, 6.45) is 1.72. The van der Waals surface area contributed by atoms with E-state index < -0.39 is 5.66 Å². The quantitative estimate of drug-likeness (QED) is 0.823. The summed E-state index contributed by atoms with van der Waals surface area (Å²) in [5.41, 5.74) is 1.74. The van der Waals surface area contributed by atoms with E-state index in [1.54, 1.807) is 6.08 Å². The SMILES string of the molecule is C=CCOc1ccccc1C1(C)Nc2ccccc2C(=O)N1C(C)C. The zero-order valence-electron chi connectivity index (χ0n) is 15.0. The van der Waals surface area contributed by atoms with Gasteiger partial charge in [0.2, 0.25) is 0 Å². The molecule has 4 heteroatoms. The Bertz CT molecular complexity index is 800. The molecule has 0 bridgehead atoms. The first-order valence-electron chi connectivity index (χ1n) is 8.53. The number of hydrogen-bond donors (Lipinski definition) is 1. The minimum absolute atomic E-state index is 0.0189. The van der Waals surface area contributed by atoms with Gasteiger partial charge in [0.25, 0.3) is 5.91 Å². The first-order chi connectivity index (χ1) is 12.0. The number of hydrogen-bond acceptors (Lipinski definition) is 3. The fourth-order valence-electron chi connectivity index (χ4n) is 3.53. The van der Waals surface area contributed by atoms with Gasteiger partial charge in [0.05, 0.1) is 5.56 Å². The molecule has 0 radical (unpaired) electrons. The van der Waals surface area contributed by atoms with Crippen molar-refractivity contribution < 1.29 is 9.53 Å². The van der Waals surface area contributed by atoms with Gasteiger partial charge in [0.15, 0.2) is 0 Å². The molecule has 1 amide bonds. The predicted octanol–water partition coefficient (Wildman–Crippen LogP) is 4.40. The molecule has 3 rings (SSSR count). The van der Waals surface area contributed by atoms with Crippen LogP contribution in [0.5, 0.6) is 5.75 Å². The van der Waals surface area contributed by atoms with Crippen LogP contribution in [-0.2, 0) is 5.66 Å². The lowest BCUT2D eigenvalue weighted by atomic mass is 9.91. The Hall–Kier alpha value is -2.75. The average molecular weight is 336 g/mol. The molecule has 1 atom stereocenters. The number of amides is 1. The molecular formula is C21H24N2O2. The summed E-state index contributed by atoms with van der Waals surface area (Å²) >= 11 is 0. The van der Waals surface area contributed by atoms with Crippen molar-refractivity contribution >= 4 is 11.6 Å². The van der Waals surface area contributed by atoms with Crippen molar-refractivity contribution in [1.82, 2.24) is 4.90 Å². The van der Waals surface area contributed by atoms with Crippen molar-refractivity contribution in [1.29, 1.82) is 0 Å². The van der Waals surface area contributed by atoms with E-state index in [0.717, 1.165) is 17.0 Å². The number of nitrogens with one attached hydrogen (secondary N) is 1. The van der Waals surface area contributed by atoms with E-state index in [0.29, 0.717) is 12.2 Å². The van der Waals surface area contributed by atoms with Gasteiger partial charge in [0.1, 0.15) is 18.0 Å². The molecule has 1 unspecified atom stereocenters. The number of para-hydroxylation sites is 2. The summed E-state index contributed by atoms with van der Waals surface area (Å²) in [6.45, 7) is 10.2. The Morgan fingerprint density at radius 1 is 1.20 bits per heavy atom. The maximum Gasteiger partial charge on any atom is 0.258 e. The van der Waals surface area contributed by atoms with Crippen molar-refractivity contribution in [2.75, 3.05) is 11.9 Å². The molecule has 1 aliphatic rings. The molecule has 0 aromatic heterocycles. The molecule has 1 heterocycles. The highest BCUT2D eigenvalue weighted by molar-refractivity contribution is 6.02. The summed E-state index contributed by atoms with van der Waals surface area (Å²) in [6, 6.07) is 15.5. The molecular weight excluding hydrogens is 312 g/mol. The minimum Gasteiger partial charge on any atom is -0.489 e. The van der Waals surface area contributed by atoms with Crippen molar-refractivity contribution in [2.24, 2.45) is 0 Å². The van der Waals surface area contributed by atoms with Gasteiger partial charge in [-0.05, 0) is 39.0 Å². The van der Waals surface area contributed by atoms with E-state index in [-0.39, 0.29) is 11.9 Å². The van der Waals surface area contributed by atoms with Crippen LogP contribution in [0.25, 0.3) is 0 Å². The van der Waals surface area contributed by atoms with Crippen LogP contribution < -0.4 is 10.1 Å². The van der Waals surface area contributed by atoms with E-state index in [2.05, 4.69) is 11.9 Å². The predicted molar refractivity (Wildman–Crippen MR) is 101 cm³/mol.